The molecule has 24 heteroatoms. The zero-order chi connectivity index (χ0) is 55.0. The molecule has 2 rings (SSSR count). The third-order valence-corrected chi connectivity index (χ3v) is 17.7. The molecular formula is C46H81N5O12P2S5. The van der Waals surface area contributed by atoms with Crippen molar-refractivity contribution in [1.82, 2.24) is 10.6 Å². The SMILES string of the molecule is N=S.NCCSC1CCC1SCCN.[3H]C(P)C(=O)CCC(=O)CCC(=O)NC(CCC(C)=O)C(=O)CCCSC1CCC1SCCCC.[3H]C(P)C(=O)CCC(=O)CCC(=O)N[C@H](CCC(=O)O)C(=O)O. The summed E-state index contributed by atoms with van der Waals surface area (Å²) in [4.78, 5) is 116. The summed E-state index contributed by atoms with van der Waals surface area (Å²) >= 11 is 11.4. The predicted octanol–water partition coefficient (Wildman–Crippen LogP) is 5.75. The highest BCUT2D eigenvalue weighted by atomic mass is 32.2. The van der Waals surface area contributed by atoms with Crippen molar-refractivity contribution in [3.05, 3.63) is 0 Å². The molecule has 0 saturated heterocycles. The van der Waals surface area contributed by atoms with E-state index in [4.69, 9.17) is 29.2 Å². The Labute approximate surface area is 445 Å². The average molecular weight is 1120 g/mol. The summed E-state index contributed by atoms with van der Waals surface area (Å²) in [6.07, 6.45) is 6.22. The quantitative estimate of drug-likeness (QED) is 0.0285. The second-order valence-electron chi connectivity index (χ2n) is 16.4. The number of rotatable bonds is 39. The lowest BCUT2D eigenvalue weighted by molar-refractivity contribution is -0.143. The van der Waals surface area contributed by atoms with Crippen molar-refractivity contribution in [1.29, 1.82) is 4.78 Å². The number of ketones is 6. The Hall–Kier alpha value is -1.90. The van der Waals surface area contributed by atoms with Gasteiger partial charge in [-0.2, -0.15) is 47.0 Å². The van der Waals surface area contributed by atoms with Crippen LogP contribution in [0.5, 0.6) is 0 Å². The molecule has 0 bridgehead atoms. The number of aliphatic carboxylic acids is 2. The van der Waals surface area contributed by atoms with Crippen molar-refractivity contribution in [2.75, 3.05) is 48.4 Å². The summed E-state index contributed by atoms with van der Waals surface area (Å²) < 4.78 is 19.8. The van der Waals surface area contributed by atoms with Crippen LogP contribution in [0, 0.1) is 4.78 Å². The second kappa shape index (κ2) is 45.7. The van der Waals surface area contributed by atoms with Crippen LogP contribution in [0.4, 0.5) is 0 Å². The molecule has 10 atom stereocenters. The first kappa shape index (κ1) is 66.1. The first-order chi connectivity index (χ1) is 34.1. The Morgan fingerprint density at radius 1 is 0.586 bits per heavy atom. The van der Waals surface area contributed by atoms with Crippen LogP contribution in [0.15, 0.2) is 0 Å². The van der Waals surface area contributed by atoms with Crippen LogP contribution in [-0.4, -0.2) is 150 Å². The molecule has 0 aromatic heterocycles. The third-order valence-electron chi connectivity index (χ3n) is 10.7. The van der Waals surface area contributed by atoms with Crippen LogP contribution in [0.2, 0.25) is 0 Å². The van der Waals surface area contributed by atoms with Gasteiger partial charge in [-0.1, -0.05) is 13.3 Å². The van der Waals surface area contributed by atoms with Gasteiger partial charge in [-0.15, -0.1) is 18.5 Å². The number of thioether (sulfide) groups is 4. The van der Waals surface area contributed by atoms with Crippen molar-refractivity contribution in [3.8, 4) is 0 Å². The van der Waals surface area contributed by atoms with Gasteiger partial charge < -0.3 is 37.1 Å². The van der Waals surface area contributed by atoms with Crippen molar-refractivity contribution >= 4 is 136 Å². The van der Waals surface area contributed by atoms with Crippen LogP contribution in [0.1, 0.15) is 145 Å². The number of carbonyl (C=O) groups excluding carboxylic acids is 8. The molecule has 0 aromatic carbocycles. The van der Waals surface area contributed by atoms with E-state index in [2.05, 4.69) is 51.0 Å². The highest BCUT2D eigenvalue weighted by molar-refractivity contribution is 8.04. The minimum atomic E-state index is -1.35. The molecule has 0 spiro atoms. The monoisotopic (exact) mass is 1120 g/mol. The lowest BCUT2D eigenvalue weighted by atomic mass is 9.99. The number of hydrogen-bond acceptors (Lipinski definition) is 18. The summed E-state index contributed by atoms with van der Waals surface area (Å²) in [5.74, 6) is -0.609. The van der Waals surface area contributed by atoms with Gasteiger partial charge >= 0.3 is 11.9 Å². The maximum absolute atomic E-state index is 12.8. The highest BCUT2D eigenvalue weighted by Gasteiger charge is 2.32. The number of amides is 2. The summed E-state index contributed by atoms with van der Waals surface area (Å²) in [6.45, 7) is 5.30. The van der Waals surface area contributed by atoms with Crippen LogP contribution in [-0.2, 0) is 60.4 Å². The molecule has 2 saturated carbocycles. The van der Waals surface area contributed by atoms with E-state index in [0.29, 0.717) is 11.7 Å². The molecule has 0 aromatic rings. The normalized spacial score (nSPS) is 18.7. The van der Waals surface area contributed by atoms with Crippen molar-refractivity contribution < 1.29 is 60.9 Å². The maximum Gasteiger partial charge on any atom is 0.326 e. The van der Waals surface area contributed by atoms with E-state index in [1.165, 1.54) is 51.2 Å². The molecule has 0 heterocycles. The number of Topliss-reactive ketones (excluding diaryl/α,β-unsaturated/α-hetero) is 6. The Morgan fingerprint density at radius 3 is 1.31 bits per heavy atom. The fraction of sp³-hybridized carbons (Fsp3) is 0.783. The van der Waals surface area contributed by atoms with Gasteiger partial charge in [0.15, 0.2) is 5.78 Å². The molecule has 0 aliphatic heterocycles. The fourth-order valence-corrected chi connectivity index (χ4v) is 12.4. The number of nitrogens with one attached hydrogen (secondary N) is 3. The predicted molar refractivity (Wildman–Crippen MR) is 295 cm³/mol. The zero-order valence-electron chi connectivity index (χ0n) is 42.8. The van der Waals surface area contributed by atoms with Crippen molar-refractivity contribution in [2.24, 2.45) is 11.5 Å². The third kappa shape index (κ3) is 37.8. The number of carboxylic acid groups (broad SMARTS) is 2. The molecule has 0 radical (unpaired) electrons. The highest BCUT2D eigenvalue weighted by Crippen LogP contribution is 2.41. The largest absolute Gasteiger partial charge is 0.481 e. The number of unbranched alkanes of at least 4 members (excludes halogenated alkanes) is 1. The van der Waals surface area contributed by atoms with E-state index in [9.17, 15) is 47.9 Å². The molecule has 17 nitrogen and oxygen atoms in total. The van der Waals surface area contributed by atoms with Gasteiger partial charge in [0.05, 0.1) is 6.04 Å². The van der Waals surface area contributed by atoms with Gasteiger partial charge in [0.2, 0.25) is 11.8 Å². The Bertz CT molecular complexity index is 1670. The summed E-state index contributed by atoms with van der Waals surface area (Å²) in [6, 6.07) is -2.04. The van der Waals surface area contributed by atoms with Gasteiger partial charge in [0.1, 0.15) is 35.0 Å². The van der Waals surface area contributed by atoms with Gasteiger partial charge in [0.25, 0.3) is 0 Å². The lowest BCUT2D eigenvalue weighted by Crippen LogP contribution is -2.41. The summed E-state index contributed by atoms with van der Waals surface area (Å²) in [5.41, 5.74) is 10.9. The molecule has 9 unspecified atom stereocenters. The number of carbonyl (C=O) groups is 10. The Balaban J connectivity index is 0. The van der Waals surface area contributed by atoms with Crippen LogP contribution in [0.25, 0.3) is 0 Å². The standard InChI is InChI=1S/C25H42NO5PS2.C13H20NO7P.C8H18N2S2.HNS/c1-3-4-15-33-23-12-13-24(23)34-16-5-6-22(30)21(11-7-18(2)27)26-25(31)14-10-19(28)8-9-20(29)17-32;15-8(1-2-9(16)7-22)3-5-11(17)14-10(13(20)21)4-6-12(18)19;9-3-5-11-7-1-2-8(7)12-6-4-10;1-2/h21,23-24H,3-17,32H2,1-2H3,(H,26,31);10H,1-7,22H2,(H,14,17)(H,18,19)(H,20,21);7-8H,1-6,9-10H2;1H/t;10-;;/m.1../s1/i17T;7T;;/t;7?,10-;;. The second-order valence-corrected chi connectivity index (χ2v) is 22.4. The minimum Gasteiger partial charge on any atom is -0.481 e. The Morgan fingerprint density at radius 2 is 0.957 bits per heavy atom. The molecular weight excluding hydrogens is 1040 g/mol. The van der Waals surface area contributed by atoms with Crippen molar-refractivity contribution in [3.63, 3.8) is 0 Å². The van der Waals surface area contributed by atoms with E-state index in [1.54, 1.807) is 0 Å². The number of carboxylic acids is 2. The molecule has 402 valence electrons. The minimum absolute atomic E-state index is 0.00507. The van der Waals surface area contributed by atoms with E-state index in [0.717, 1.165) is 52.5 Å². The number of hydrogen-bond donors (Lipinski definition) is 7. The smallest absolute Gasteiger partial charge is 0.326 e. The molecule has 70 heavy (non-hydrogen) atoms. The van der Waals surface area contributed by atoms with Gasteiger partial charge in [-0.05, 0) is 69.8 Å². The van der Waals surface area contributed by atoms with E-state index >= 15 is 0 Å². The Kier molecular flexibility index (Phi) is 43.2. The zero-order valence-corrected chi connectivity index (χ0v) is 47.2. The summed E-state index contributed by atoms with van der Waals surface area (Å²) in [5, 5.41) is 25.4. The average Bonchev–Trinajstić information content (AvgIpc) is 3.32. The van der Waals surface area contributed by atoms with E-state index in [-0.39, 0.29) is 99.5 Å². The molecule has 2 amide bonds. The lowest BCUT2D eigenvalue weighted by Gasteiger charge is -2.35. The first-order valence-corrected chi connectivity index (χ1v) is 29.7. The van der Waals surface area contributed by atoms with Gasteiger partial charge in [-0.25, -0.2) is 9.57 Å². The maximum atomic E-state index is 12.8. The number of nitrogens with two attached hydrogens (primary N) is 2. The van der Waals surface area contributed by atoms with Gasteiger partial charge in [0, 0.05) is 144 Å². The van der Waals surface area contributed by atoms with Crippen LogP contribution < -0.4 is 22.1 Å². The van der Waals surface area contributed by atoms with Crippen molar-refractivity contribution in [2.45, 2.75) is 175 Å². The van der Waals surface area contributed by atoms with Gasteiger partial charge in [-0.3, -0.25) is 38.4 Å². The molecule has 2 fully saturated rings. The molecule has 2 aliphatic rings. The van der Waals surface area contributed by atoms with E-state index < -0.39 is 60.3 Å². The first-order valence-electron chi connectivity index (χ1n) is 24.9. The summed E-state index contributed by atoms with van der Waals surface area (Å²) in [7, 11) is 4.09. The topological polar surface area (TPSA) is 311 Å². The van der Waals surface area contributed by atoms with Crippen LogP contribution >= 0.6 is 65.5 Å². The fourth-order valence-electron chi connectivity index (χ4n) is 6.28. The van der Waals surface area contributed by atoms with E-state index in [1.807, 2.05) is 44.5 Å². The molecule has 2 aliphatic carbocycles. The van der Waals surface area contributed by atoms with Crippen LogP contribution in [0.3, 0.4) is 0 Å². The molecule has 9 N–H and O–H groups in total.